The summed E-state index contributed by atoms with van der Waals surface area (Å²) in [6.07, 6.45) is 1.66. The molecule has 2 atom stereocenters. The summed E-state index contributed by atoms with van der Waals surface area (Å²) in [7, 11) is 0. The predicted molar refractivity (Wildman–Crippen MR) is 35.0 cm³/mol. The Labute approximate surface area is 51.9 Å². The van der Waals surface area contributed by atoms with Gasteiger partial charge in [-0.25, -0.2) is 4.21 Å². The summed E-state index contributed by atoms with van der Waals surface area (Å²) in [6, 6.07) is 0. The van der Waals surface area contributed by atoms with Crippen molar-refractivity contribution in [2.75, 3.05) is 5.75 Å². The summed E-state index contributed by atoms with van der Waals surface area (Å²) < 4.78 is 18.3. The van der Waals surface area contributed by atoms with Crippen molar-refractivity contribution in [3.63, 3.8) is 0 Å². The lowest BCUT2D eigenvalue weighted by Crippen LogP contribution is -2.02. The van der Waals surface area contributed by atoms with Crippen LogP contribution in [-0.4, -0.2) is 14.5 Å². The maximum absolute atomic E-state index is 10.0. The first kappa shape index (κ1) is 7.85. The Morgan fingerprint density at radius 1 is 2.00 bits per heavy atom. The van der Waals surface area contributed by atoms with Gasteiger partial charge in [-0.05, 0) is 5.92 Å². The van der Waals surface area contributed by atoms with Crippen molar-refractivity contribution in [3.8, 4) is 0 Å². The van der Waals surface area contributed by atoms with Crippen LogP contribution in [0.3, 0.4) is 0 Å². The highest BCUT2D eigenvalue weighted by Crippen LogP contribution is 1.95. The molecule has 0 radical (unpaired) electrons. The summed E-state index contributed by atoms with van der Waals surface area (Å²) in [5.74, 6) is 0.435. The van der Waals surface area contributed by atoms with Gasteiger partial charge in [-0.2, -0.15) is 0 Å². The normalized spacial score (nSPS) is 17.2. The van der Waals surface area contributed by atoms with E-state index < -0.39 is 11.1 Å². The van der Waals surface area contributed by atoms with E-state index in [0.29, 0.717) is 5.75 Å². The van der Waals surface area contributed by atoms with Gasteiger partial charge in [-0.3, -0.25) is 0 Å². The van der Waals surface area contributed by atoms with Crippen LogP contribution in [0.5, 0.6) is 0 Å². The fourth-order valence-corrected chi connectivity index (χ4v) is 0.879. The number of rotatable bonds is 3. The molecule has 0 amide bonds. The van der Waals surface area contributed by atoms with E-state index in [0.717, 1.165) is 0 Å². The van der Waals surface area contributed by atoms with Gasteiger partial charge >= 0.3 is 0 Å². The van der Waals surface area contributed by atoms with Gasteiger partial charge in [-0.15, -0.1) is 6.58 Å². The predicted octanol–water partition coefficient (Wildman–Crippen LogP) is 1.03. The van der Waals surface area contributed by atoms with Gasteiger partial charge in [0.15, 0.2) is 11.1 Å². The molecule has 3 heteroatoms. The second-order valence-electron chi connectivity index (χ2n) is 1.70. The van der Waals surface area contributed by atoms with Crippen LogP contribution in [0, 0.1) is 5.92 Å². The topological polar surface area (TPSA) is 37.3 Å². The highest BCUT2D eigenvalue weighted by molar-refractivity contribution is 7.79. The Balaban J connectivity index is 3.38. The molecule has 48 valence electrons. The second-order valence-corrected chi connectivity index (χ2v) is 2.68. The molecule has 0 aromatic rings. The molecule has 0 spiro atoms. The van der Waals surface area contributed by atoms with E-state index in [4.69, 9.17) is 4.55 Å². The van der Waals surface area contributed by atoms with Crippen molar-refractivity contribution < 1.29 is 8.76 Å². The second kappa shape index (κ2) is 3.80. The molecular weight excluding hydrogens is 124 g/mol. The lowest BCUT2D eigenvalue weighted by atomic mass is 10.2. The van der Waals surface area contributed by atoms with Crippen LogP contribution < -0.4 is 0 Å². The number of allylic oxidation sites excluding steroid dienone is 1. The standard InChI is InChI=1S/C5H10O2S/c1-3-5(2)4-8(6)7/h3,5H,1,4H2,2H3,(H,6,7)/t5-/m1/s1. The average molecular weight is 134 g/mol. The monoisotopic (exact) mass is 134 g/mol. The maximum atomic E-state index is 10.0. The zero-order valence-electron chi connectivity index (χ0n) is 4.83. The minimum atomic E-state index is -1.67. The van der Waals surface area contributed by atoms with Crippen molar-refractivity contribution in [1.82, 2.24) is 0 Å². The molecule has 0 bridgehead atoms. The molecule has 1 N–H and O–H groups in total. The molecular formula is C5H10O2S. The van der Waals surface area contributed by atoms with Crippen molar-refractivity contribution >= 4 is 11.1 Å². The molecule has 2 nitrogen and oxygen atoms in total. The quantitative estimate of drug-likeness (QED) is 0.462. The molecule has 0 aromatic heterocycles. The maximum Gasteiger partial charge on any atom is 0.153 e. The Kier molecular flexibility index (Phi) is 3.73. The van der Waals surface area contributed by atoms with Crippen molar-refractivity contribution in [1.29, 1.82) is 0 Å². The molecule has 0 aliphatic heterocycles. The third kappa shape index (κ3) is 4.02. The van der Waals surface area contributed by atoms with Crippen molar-refractivity contribution in [3.05, 3.63) is 12.7 Å². The Hall–Kier alpha value is -0.150. The first-order valence-corrected chi connectivity index (χ1v) is 3.64. The van der Waals surface area contributed by atoms with Gasteiger partial charge in [0.1, 0.15) is 0 Å². The fourth-order valence-electron chi connectivity index (χ4n) is 0.293. The molecule has 0 aliphatic carbocycles. The lowest BCUT2D eigenvalue weighted by Gasteiger charge is -1.97. The van der Waals surface area contributed by atoms with Crippen LogP contribution in [0.2, 0.25) is 0 Å². The molecule has 0 fully saturated rings. The fraction of sp³-hybridized carbons (Fsp3) is 0.600. The zero-order valence-corrected chi connectivity index (χ0v) is 5.65. The van der Waals surface area contributed by atoms with Gasteiger partial charge in [0.05, 0.1) is 5.75 Å². The number of hydrogen-bond donors (Lipinski definition) is 1. The van der Waals surface area contributed by atoms with E-state index in [2.05, 4.69) is 6.58 Å². The number of hydrogen-bond acceptors (Lipinski definition) is 1. The summed E-state index contributed by atoms with van der Waals surface area (Å²) in [6.45, 7) is 5.32. The summed E-state index contributed by atoms with van der Waals surface area (Å²) in [5, 5.41) is 0. The molecule has 0 aromatic carbocycles. The molecule has 1 unspecified atom stereocenters. The van der Waals surface area contributed by atoms with E-state index in [1.54, 1.807) is 6.08 Å². The Morgan fingerprint density at radius 3 is 2.62 bits per heavy atom. The van der Waals surface area contributed by atoms with Gasteiger partial charge < -0.3 is 4.55 Å². The minimum absolute atomic E-state index is 0.140. The third-order valence-corrected chi connectivity index (χ3v) is 1.62. The SMILES string of the molecule is C=C[C@@H](C)CS(=O)O. The Bertz CT molecular complexity index is 101. The highest BCUT2D eigenvalue weighted by Gasteiger charge is 1.98. The third-order valence-electron chi connectivity index (χ3n) is 0.808. The van der Waals surface area contributed by atoms with E-state index in [9.17, 15) is 4.21 Å². The van der Waals surface area contributed by atoms with Crippen LogP contribution in [0.1, 0.15) is 6.92 Å². The Morgan fingerprint density at radius 2 is 2.50 bits per heavy atom. The lowest BCUT2D eigenvalue weighted by molar-refractivity contribution is 0.557. The first-order chi connectivity index (χ1) is 3.66. The zero-order chi connectivity index (χ0) is 6.57. The smallest absolute Gasteiger partial charge is 0.153 e. The van der Waals surface area contributed by atoms with Crippen LogP contribution >= 0.6 is 0 Å². The van der Waals surface area contributed by atoms with Crippen LogP contribution in [0.15, 0.2) is 12.7 Å². The average Bonchev–Trinajstić information content (AvgIpc) is 1.65. The molecule has 0 heterocycles. The van der Waals surface area contributed by atoms with Crippen molar-refractivity contribution in [2.24, 2.45) is 5.92 Å². The molecule has 8 heavy (non-hydrogen) atoms. The highest BCUT2D eigenvalue weighted by atomic mass is 32.2. The van der Waals surface area contributed by atoms with Gasteiger partial charge in [0.25, 0.3) is 0 Å². The molecule has 0 saturated carbocycles. The first-order valence-electron chi connectivity index (χ1n) is 2.37. The molecule has 0 saturated heterocycles. The van der Waals surface area contributed by atoms with E-state index in [1.165, 1.54) is 0 Å². The summed E-state index contributed by atoms with van der Waals surface area (Å²) in [4.78, 5) is 0. The van der Waals surface area contributed by atoms with E-state index in [1.807, 2.05) is 6.92 Å². The largest absolute Gasteiger partial charge is 0.306 e. The minimum Gasteiger partial charge on any atom is -0.306 e. The van der Waals surface area contributed by atoms with Gasteiger partial charge in [-0.1, -0.05) is 13.0 Å². The van der Waals surface area contributed by atoms with E-state index >= 15 is 0 Å². The summed E-state index contributed by atoms with van der Waals surface area (Å²) in [5.41, 5.74) is 0. The van der Waals surface area contributed by atoms with Crippen LogP contribution in [0.25, 0.3) is 0 Å². The summed E-state index contributed by atoms with van der Waals surface area (Å²) >= 11 is -1.67. The van der Waals surface area contributed by atoms with Crippen LogP contribution in [-0.2, 0) is 11.1 Å². The molecule has 0 aliphatic rings. The van der Waals surface area contributed by atoms with Gasteiger partial charge in [0.2, 0.25) is 0 Å². The molecule has 0 rings (SSSR count). The van der Waals surface area contributed by atoms with Gasteiger partial charge in [0, 0.05) is 0 Å². The van der Waals surface area contributed by atoms with Crippen LogP contribution in [0.4, 0.5) is 0 Å². The van der Waals surface area contributed by atoms with Crippen molar-refractivity contribution in [2.45, 2.75) is 6.92 Å². The van der Waals surface area contributed by atoms with E-state index in [-0.39, 0.29) is 5.92 Å².